The molecule has 0 radical (unpaired) electrons. The number of hydrogen-bond donors (Lipinski definition) is 1. The first kappa shape index (κ1) is 13.2. The second-order valence-electron chi connectivity index (χ2n) is 4.76. The van der Waals surface area contributed by atoms with E-state index in [0.717, 1.165) is 36.4 Å². The molecule has 1 rings (SSSR count). The van der Waals surface area contributed by atoms with Crippen molar-refractivity contribution in [2.45, 2.75) is 39.5 Å². The van der Waals surface area contributed by atoms with Gasteiger partial charge in [-0.25, -0.2) is 0 Å². The highest BCUT2D eigenvalue weighted by Crippen LogP contribution is 2.27. The zero-order chi connectivity index (χ0) is 11.1. The van der Waals surface area contributed by atoms with Crippen LogP contribution in [0.15, 0.2) is 0 Å². The third kappa shape index (κ3) is 5.67. The summed E-state index contributed by atoms with van der Waals surface area (Å²) in [5.74, 6) is 3.42. The Morgan fingerprint density at radius 3 is 2.53 bits per heavy atom. The zero-order valence-corrected chi connectivity index (χ0v) is 10.9. The van der Waals surface area contributed by atoms with E-state index in [1.807, 2.05) is 6.92 Å². The maximum Gasteiger partial charge on any atom is 0.0359 e. The normalized spacial score (nSPS) is 28.9. The molecule has 15 heavy (non-hydrogen) atoms. The van der Waals surface area contributed by atoms with Crippen molar-refractivity contribution in [2.75, 3.05) is 24.6 Å². The molecule has 1 aliphatic rings. The Balaban J connectivity index is 1.98. The van der Waals surface area contributed by atoms with Crippen molar-refractivity contribution < 1.29 is 4.21 Å². The van der Waals surface area contributed by atoms with Gasteiger partial charge in [-0.3, -0.25) is 4.21 Å². The zero-order valence-electron chi connectivity index (χ0n) is 10.1. The second-order valence-corrected chi connectivity index (χ2v) is 6.63. The molecule has 0 aromatic rings. The highest BCUT2D eigenvalue weighted by atomic mass is 32.2. The second kappa shape index (κ2) is 7.39. The van der Waals surface area contributed by atoms with Gasteiger partial charge in [0, 0.05) is 28.9 Å². The topological polar surface area (TPSA) is 29.1 Å². The highest BCUT2D eigenvalue weighted by molar-refractivity contribution is 7.84. The minimum absolute atomic E-state index is 0.602. The van der Waals surface area contributed by atoms with Crippen LogP contribution in [-0.4, -0.2) is 28.8 Å². The lowest BCUT2D eigenvalue weighted by atomic mass is 9.83. The lowest BCUT2D eigenvalue weighted by Crippen LogP contribution is -2.29. The maximum atomic E-state index is 11.2. The fourth-order valence-corrected chi connectivity index (χ4v) is 2.83. The van der Waals surface area contributed by atoms with Gasteiger partial charge in [0.15, 0.2) is 0 Å². The van der Waals surface area contributed by atoms with Crippen molar-refractivity contribution in [3.05, 3.63) is 0 Å². The minimum Gasteiger partial charge on any atom is -0.316 e. The van der Waals surface area contributed by atoms with Crippen molar-refractivity contribution in [2.24, 2.45) is 11.8 Å². The van der Waals surface area contributed by atoms with Crippen LogP contribution in [0, 0.1) is 11.8 Å². The molecule has 0 saturated heterocycles. The molecule has 0 heterocycles. The fourth-order valence-electron chi connectivity index (χ4n) is 2.17. The molecule has 1 N–H and O–H groups in total. The summed E-state index contributed by atoms with van der Waals surface area (Å²) in [5, 5.41) is 3.44. The first-order valence-corrected chi connectivity index (χ1v) is 7.76. The minimum atomic E-state index is -0.602. The SMILES string of the molecule is CCS(=O)CCNCC1CCC(C)CC1. The van der Waals surface area contributed by atoms with Crippen molar-refractivity contribution in [3.63, 3.8) is 0 Å². The summed E-state index contributed by atoms with van der Waals surface area (Å²) in [6.45, 7) is 6.40. The van der Waals surface area contributed by atoms with Crippen LogP contribution in [0.5, 0.6) is 0 Å². The van der Waals surface area contributed by atoms with Gasteiger partial charge in [-0.2, -0.15) is 0 Å². The molecule has 0 amide bonds. The summed E-state index contributed by atoms with van der Waals surface area (Å²) in [6, 6.07) is 0. The average Bonchev–Trinajstić information content (AvgIpc) is 2.26. The van der Waals surface area contributed by atoms with Crippen LogP contribution in [0.1, 0.15) is 39.5 Å². The monoisotopic (exact) mass is 231 g/mol. The molecule has 0 aromatic heterocycles. The largest absolute Gasteiger partial charge is 0.316 e. The molecule has 3 heteroatoms. The van der Waals surface area contributed by atoms with E-state index in [9.17, 15) is 4.21 Å². The molecule has 2 nitrogen and oxygen atoms in total. The van der Waals surface area contributed by atoms with Gasteiger partial charge in [-0.05, 0) is 31.2 Å². The van der Waals surface area contributed by atoms with Gasteiger partial charge >= 0.3 is 0 Å². The predicted octanol–water partition coefficient (Wildman–Crippen LogP) is 2.17. The molecule has 0 spiro atoms. The summed E-state index contributed by atoms with van der Waals surface area (Å²) < 4.78 is 11.2. The molecule has 0 aromatic carbocycles. The third-order valence-electron chi connectivity index (χ3n) is 3.40. The van der Waals surface area contributed by atoms with Crippen LogP contribution >= 0.6 is 0 Å². The lowest BCUT2D eigenvalue weighted by molar-refractivity contribution is 0.283. The molecular weight excluding hydrogens is 206 g/mol. The van der Waals surface area contributed by atoms with E-state index in [0.29, 0.717) is 0 Å². The molecule has 90 valence electrons. The van der Waals surface area contributed by atoms with E-state index in [-0.39, 0.29) is 0 Å². The molecular formula is C12H25NOS. The van der Waals surface area contributed by atoms with Gasteiger partial charge in [-0.1, -0.05) is 26.7 Å². The van der Waals surface area contributed by atoms with E-state index in [1.165, 1.54) is 25.7 Å². The first-order valence-electron chi connectivity index (χ1n) is 6.28. The predicted molar refractivity (Wildman–Crippen MR) is 67.5 cm³/mol. The van der Waals surface area contributed by atoms with E-state index in [2.05, 4.69) is 12.2 Å². The Morgan fingerprint density at radius 2 is 1.93 bits per heavy atom. The summed E-state index contributed by atoms with van der Waals surface area (Å²) in [6.07, 6.45) is 5.55. The van der Waals surface area contributed by atoms with E-state index < -0.39 is 10.8 Å². The first-order chi connectivity index (χ1) is 7.22. The van der Waals surface area contributed by atoms with Gasteiger partial charge < -0.3 is 5.32 Å². The van der Waals surface area contributed by atoms with Crippen LogP contribution in [0.4, 0.5) is 0 Å². The standard InChI is InChI=1S/C12H25NOS/c1-3-15(14)9-8-13-10-12-6-4-11(2)5-7-12/h11-13H,3-10H2,1-2H3. The molecule has 0 aliphatic heterocycles. The van der Waals surface area contributed by atoms with Crippen LogP contribution in [0.25, 0.3) is 0 Å². The van der Waals surface area contributed by atoms with Gasteiger partial charge in [0.25, 0.3) is 0 Å². The smallest absolute Gasteiger partial charge is 0.0359 e. The highest BCUT2D eigenvalue weighted by Gasteiger charge is 2.17. The number of hydrogen-bond acceptors (Lipinski definition) is 2. The summed E-state index contributed by atoms with van der Waals surface area (Å²) in [5.41, 5.74) is 0. The fraction of sp³-hybridized carbons (Fsp3) is 1.00. The lowest BCUT2D eigenvalue weighted by Gasteiger charge is -2.26. The molecule has 1 fully saturated rings. The van der Waals surface area contributed by atoms with Crippen LogP contribution < -0.4 is 5.32 Å². The number of nitrogens with one attached hydrogen (secondary N) is 1. The van der Waals surface area contributed by atoms with Crippen LogP contribution in [0.2, 0.25) is 0 Å². The molecule has 0 bridgehead atoms. The van der Waals surface area contributed by atoms with E-state index in [4.69, 9.17) is 0 Å². The van der Waals surface area contributed by atoms with Gasteiger partial charge in [0.2, 0.25) is 0 Å². The van der Waals surface area contributed by atoms with Crippen molar-refractivity contribution in [1.82, 2.24) is 5.32 Å². The Morgan fingerprint density at radius 1 is 1.27 bits per heavy atom. The maximum absolute atomic E-state index is 11.2. The van der Waals surface area contributed by atoms with Gasteiger partial charge in [0.05, 0.1) is 0 Å². The Kier molecular flexibility index (Phi) is 6.50. The quantitative estimate of drug-likeness (QED) is 0.710. The average molecular weight is 231 g/mol. The summed E-state index contributed by atoms with van der Waals surface area (Å²) >= 11 is 0. The molecule has 1 saturated carbocycles. The van der Waals surface area contributed by atoms with Crippen molar-refractivity contribution in [1.29, 1.82) is 0 Å². The number of rotatable bonds is 6. The third-order valence-corrected chi connectivity index (χ3v) is 4.70. The molecule has 1 unspecified atom stereocenters. The van der Waals surface area contributed by atoms with E-state index >= 15 is 0 Å². The Labute approximate surface area is 96.7 Å². The Hall–Kier alpha value is 0.110. The van der Waals surface area contributed by atoms with Crippen LogP contribution in [0.3, 0.4) is 0 Å². The van der Waals surface area contributed by atoms with Crippen molar-refractivity contribution >= 4 is 10.8 Å². The van der Waals surface area contributed by atoms with Gasteiger partial charge in [0.1, 0.15) is 0 Å². The van der Waals surface area contributed by atoms with Crippen molar-refractivity contribution in [3.8, 4) is 0 Å². The Bertz CT molecular complexity index is 188. The molecule has 1 aliphatic carbocycles. The summed E-state index contributed by atoms with van der Waals surface area (Å²) in [4.78, 5) is 0. The van der Waals surface area contributed by atoms with Crippen LogP contribution in [-0.2, 0) is 10.8 Å². The van der Waals surface area contributed by atoms with E-state index in [1.54, 1.807) is 0 Å². The summed E-state index contributed by atoms with van der Waals surface area (Å²) in [7, 11) is -0.602. The molecule has 1 atom stereocenters. The van der Waals surface area contributed by atoms with Gasteiger partial charge in [-0.15, -0.1) is 0 Å².